The van der Waals surface area contributed by atoms with Gasteiger partial charge in [0.05, 0.1) is 5.69 Å². The summed E-state index contributed by atoms with van der Waals surface area (Å²) in [5.74, 6) is 0.478. The van der Waals surface area contributed by atoms with E-state index in [0.29, 0.717) is 0 Å². The molecular formula is C36H38FN3. The van der Waals surface area contributed by atoms with Gasteiger partial charge in [0.15, 0.2) is 0 Å². The van der Waals surface area contributed by atoms with Gasteiger partial charge in [-0.3, -0.25) is 4.98 Å². The quantitative estimate of drug-likeness (QED) is 0.211. The predicted octanol–water partition coefficient (Wildman–Crippen LogP) is 9.96. The van der Waals surface area contributed by atoms with E-state index in [2.05, 4.69) is 71.8 Å². The number of aromatic nitrogens is 2. The maximum Gasteiger partial charge on any atom is 0.123 e. The molecule has 2 heterocycles. The van der Waals surface area contributed by atoms with Gasteiger partial charge in [0.2, 0.25) is 0 Å². The van der Waals surface area contributed by atoms with Gasteiger partial charge in [-0.25, -0.2) is 4.39 Å². The fourth-order valence-electron chi connectivity index (χ4n) is 5.88. The average Bonchev–Trinajstić information content (AvgIpc) is 3.44. The van der Waals surface area contributed by atoms with Gasteiger partial charge in [-0.05, 0) is 72.4 Å². The molecule has 204 valence electrons. The van der Waals surface area contributed by atoms with Crippen molar-refractivity contribution in [2.45, 2.75) is 45.4 Å². The van der Waals surface area contributed by atoms with E-state index in [1.54, 1.807) is 12.3 Å². The molecule has 0 aliphatic heterocycles. The molecule has 0 spiro atoms. The van der Waals surface area contributed by atoms with Crippen LogP contribution in [0.3, 0.4) is 0 Å². The topological polar surface area (TPSA) is 40.7 Å². The Kier molecular flexibility index (Phi) is 8.45. The first-order valence-corrected chi connectivity index (χ1v) is 14.3. The second-order valence-corrected chi connectivity index (χ2v) is 10.7. The number of anilines is 1. The molecule has 1 aliphatic rings. The number of pyridine rings is 1. The first-order valence-electron chi connectivity index (χ1n) is 14.3. The van der Waals surface area contributed by atoms with Gasteiger partial charge in [0.25, 0.3) is 0 Å². The smallest absolute Gasteiger partial charge is 0.123 e. The number of nitrogens with zero attached hydrogens (tertiary/aromatic N) is 1. The Balaban J connectivity index is 1.49. The molecule has 0 bridgehead atoms. The molecule has 40 heavy (non-hydrogen) atoms. The zero-order valence-corrected chi connectivity index (χ0v) is 23.6. The monoisotopic (exact) mass is 531 g/mol. The summed E-state index contributed by atoms with van der Waals surface area (Å²) in [7, 11) is 1.93. The number of rotatable bonds is 9. The van der Waals surface area contributed by atoms with Crippen molar-refractivity contribution in [1.29, 1.82) is 0 Å². The standard InChI is InChI=1S/C36H38FN3/c1-5-25(19-26-11-8-7-9-12-26)20-27(6-2)28-15-16-33(38-4)31(22-28)24(3)35-23-32-34(40-35)17-18-39-36(32)29-13-10-14-30(37)21-29/h5-6,10,13-18,20-23,26,38,40H,1,3,7-9,11-12,19H2,2,4H3/b25-20+,27-6+. The van der Waals surface area contributed by atoms with Crippen molar-refractivity contribution in [2.24, 2.45) is 5.92 Å². The van der Waals surface area contributed by atoms with E-state index in [0.717, 1.165) is 62.6 Å². The normalized spacial score (nSPS) is 14.9. The minimum absolute atomic E-state index is 0.279. The molecule has 1 saturated carbocycles. The lowest BCUT2D eigenvalue weighted by molar-refractivity contribution is 0.358. The Hall–Kier alpha value is -4.18. The second-order valence-electron chi connectivity index (χ2n) is 10.7. The number of halogens is 1. The second kappa shape index (κ2) is 12.3. The van der Waals surface area contributed by atoms with Crippen LogP contribution in [0.25, 0.3) is 33.3 Å². The van der Waals surface area contributed by atoms with Gasteiger partial charge in [-0.1, -0.05) is 81.7 Å². The van der Waals surface area contributed by atoms with E-state index < -0.39 is 0 Å². The lowest BCUT2D eigenvalue weighted by atomic mass is 9.84. The van der Waals surface area contributed by atoms with E-state index in [1.165, 1.54) is 55.4 Å². The molecule has 3 nitrogen and oxygen atoms in total. The van der Waals surface area contributed by atoms with Crippen LogP contribution in [0.1, 0.15) is 62.3 Å². The van der Waals surface area contributed by atoms with Gasteiger partial charge in [-0.2, -0.15) is 0 Å². The van der Waals surface area contributed by atoms with Crippen molar-refractivity contribution in [3.05, 3.63) is 120 Å². The fraction of sp³-hybridized carbons (Fsp3) is 0.250. The molecule has 4 aromatic rings. The summed E-state index contributed by atoms with van der Waals surface area (Å²) in [5.41, 5.74) is 9.83. The lowest BCUT2D eigenvalue weighted by Crippen LogP contribution is -2.06. The first-order chi connectivity index (χ1) is 19.5. The van der Waals surface area contributed by atoms with Crippen molar-refractivity contribution in [1.82, 2.24) is 9.97 Å². The van der Waals surface area contributed by atoms with Gasteiger partial charge in [-0.15, -0.1) is 0 Å². The summed E-state index contributed by atoms with van der Waals surface area (Å²) in [6, 6.07) is 17.0. The number of hydrogen-bond acceptors (Lipinski definition) is 2. The minimum Gasteiger partial charge on any atom is -0.388 e. The zero-order valence-electron chi connectivity index (χ0n) is 23.6. The zero-order chi connectivity index (χ0) is 28.1. The molecule has 0 amide bonds. The minimum atomic E-state index is -0.279. The molecular weight excluding hydrogens is 493 g/mol. The highest BCUT2D eigenvalue weighted by Gasteiger charge is 2.17. The molecule has 0 atom stereocenters. The molecule has 0 saturated heterocycles. The van der Waals surface area contributed by atoms with E-state index in [-0.39, 0.29) is 5.82 Å². The van der Waals surface area contributed by atoms with Crippen molar-refractivity contribution < 1.29 is 4.39 Å². The number of benzene rings is 2. The molecule has 0 unspecified atom stereocenters. The van der Waals surface area contributed by atoms with Crippen LogP contribution < -0.4 is 5.32 Å². The molecule has 1 aliphatic carbocycles. The average molecular weight is 532 g/mol. The number of nitrogens with one attached hydrogen (secondary N) is 2. The Bertz CT molecular complexity index is 1600. The van der Waals surface area contributed by atoms with Gasteiger partial charge in [0, 0.05) is 52.2 Å². The Morgan fingerprint density at radius 3 is 2.65 bits per heavy atom. The van der Waals surface area contributed by atoms with E-state index in [4.69, 9.17) is 0 Å². The molecule has 2 aromatic carbocycles. The van der Waals surface area contributed by atoms with E-state index in [1.807, 2.05) is 25.3 Å². The third-order valence-corrected chi connectivity index (χ3v) is 8.08. The Labute approximate surface area is 237 Å². The number of hydrogen-bond donors (Lipinski definition) is 2. The Morgan fingerprint density at radius 2 is 1.93 bits per heavy atom. The van der Waals surface area contributed by atoms with Crippen molar-refractivity contribution in [2.75, 3.05) is 12.4 Å². The summed E-state index contributed by atoms with van der Waals surface area (Å²) in [4.78, 5) is 8.09. The number of fused-ring (bicyclic) bond motifs is 1. The van der Waals surface area contributed by atoms with Crippen LogP contribution in [-0.2, 0) is 0 Å². The van der Waals surface area contributed by atoms with E-state index >= 15 is 0 Å². The summed E-state index contributed by atoms with van der Waals surface area (Å²) in [6.45, 7) is 10.7. The SMILES string of the molecule is C=C/C(=C\C(=C/C)c1ccc(NC)c(C(=C)c2cc3c(-c4cccc(F)c4)nccc3[nH]2)c1)CC1CCCCC1. The van der Waals surface area contributed by atoms with Gasteiger partial charge >= 0.3 is 0 Å². The van der Waals surface area contributed by atoms with Gasteiger partial charge < -0.3 is 10.3 Å². The summed E-state index contributed by atoms with van der Waals surface area (Å²) in [5, 5.41) is 4.27. The van der Waals surface area contributed by atoms with Crippen molar-refractivity contribution >= 4 is 27.7 Å². The number of aromatic amines is 1. The fourth-order valence-corrected chi connectivity index (χ4v) is 5.88. The molecule has 2 aromatic heterocycles. The van der Waals surface area contributed by atoms with Crippen LogP contribution in [0.4, 0.5) is 10.1 Å². The van der Waals surface area contributed by atoms with Gasteiger partial charge in [0.1, 0.15) is 5.82 Å². The first kappa shape index (κ1) is 27.4. The van der Waals surface area contributed by atoms with Crippen LogP contribution in [0, 0.1) is 11.7 Å². The number of H-pyrrole nitrogens is 1. The molecule has 2 N–H and O–H groups in total. The van der Waals surface area contributed by atoms with Crippen LogP contribution >= 0.6 is 0 Å². The maximum atomic E-state index is 14.0. The van der Waals surface area contributed by atoms with Crippen LogP contribution in [-0.4, -0.2) is 17.0 Å². The highest BCUT2D eigenvalue weighted by Crippen LogP contribution is 2.36. The van der Waals surface area contributed by atoms with Crippen molar-refractivity contribution in [3.8, 4) is 11.3 Å². The molecule has 1 fully saturated rings. The summed E-state index contributed by atoms with van der Waals surface area (Å²) < 4.78 is 14.0. The van der Waals surface area contributed by atoms with Crippen LogP contribution in [0.5, 0.6) is 0 Å². The van der Waals surface area contributed by atoms with Crippen LogP contribution in [0.15, 0.2) is 97.8 Å². The lowest BCUT2D eigenvalue weighted by Gasteiger charge is -2.22. The molecule has 0 radical (unpaired) electrons. The predicted molar refractivity (Wildman–Crippen MR) is 169 cm³/mol. The van der Waals surface area contributed by atoms with Crippen LogP contribution in [0.2, 0.25) is 0 Å². The largest absolute Gasteiger partial charge is 0.388 e. The Morgan fingerprint density at radius 1 is 1.10 bits per heavy atom. The molecule has 5 rings (SSSR count). The summed E-state index contributed by atoms with van der Waals surface area (Å²) >= 11 is 0. The van der Waals surface area contributed by atoms with E-state index in [9.17, 15) is 4.39 Å². The highest BCUT2D eigenvalue weighted by atomic mass is 19.1. The van der Waals surface area contributed by atoms with Crippen molar-refractivity contribution in [3.63, 3.8) is 0 Å². The maximum absolute atomic E-state index is 14.0. The number of allylic oxidation sites excluding steroid dienone is 5. The molecule has 4 heteroatoms. The third kappa shape index (κ3) is 5.86. The third-order valence-electron chi connectivity index (χ3n) is 8.08. The highest BCUT2D eigenvalue weighted by molar-refractivity contribution is 5.97. The summed E-state index contributed by atoms with van der Waals surface area (Å²) in [6.07, 6.45) is 16.0.